The molecule has 1 aliphatic heterocycles. The maximum absolute atomic E-state index is 6.07. The van der Waals surface area contributed by atoms with Crippen LogP contribution in [0.25, 0.3) is 0 Å². The average Bonchev–Trinajstić information content (AvgIpc) is 2.24. The zero-order valence-corrected chi connectivity index (χ0v) is 9.90. The Balaban J connectivity index is 2.33. The van der Waals surface area contributed by atoms with Crippen molar-refractivity contribution in [3.8, 4) is 0 Å². The van der Waals surface area contributed by atoms with Crippen molar-refractivity contribution in [2.24, 2.45) is 0 Å². The zero-order valence-electron chi connectivity index (χ0n) is 9.14. The summed E-state index contributed by atoms with van der Waals surface area (Å²) in [4.78, 5) is 0. The van der Waals surface area contributed by atoms with Gasteiger partial charge in [0.2, 0.25) is 0 Å². The van der Waals surface area contributed by atoms with Crippen LogP contribution in [0, 0.1) is 13.8 Å². The number of hydrogen-bond acceptors (Lipinski definition) is 2. The summed E-state index contributed by atoms with van der Waals surface area (Å²) in [7, 11) is 0. The smallest absolute Gasteiger partial charge is 0.0953 e. The van der Waals surface area contributed by atoms with E-state index in [0.717, 1.165) is 24.7 Å². The van der Waals surface area contributed by atoms with E-state index in [1.165, 1.54) is 16.7 Å². The van der Waals surface area contributed by atoms with Crippen molar-refractivity contribution in [1.29, 1.82) is 0 Å². The van der Waals surface area contributed by atoms with Gasteiger partial charge in [0.25, 0.3) is 0 Å². The van der Waals surface area contributed by atoms with Crippen LogP contribution >= 0.6 is 11.6 Å². The van der Waals surface area contributed by atoms with Gasteiger partial charge in [-0.05, 0) is 42.7 Å². The highest BCUT2D eigenvalue weighted by molar-refractivity contribution is 6.30. The van der Waals surface area contributed by atoms with Crippen LogP contribution in [0.3, 0.4) is 0 Å². The molecule has 0 amide bonds. The highest BCUT2D eigenvalue weighted by Crippen LogP contribution is 2.27. The molecule has 1 heterocycles. The van der Waals surface area contributed by atoms with Gasteiger partial charge < -0.3 is 10.1 Å². The van der Waals surface area contributed by atoms with Crippen molar-refractivity contribution in [1.82, 2.24) is 5.32 Å². The minimum absolute atomic E-state index is 0.149. The van der Waals surface area contributed by atoms with Crippen molar-refractivity contribution in [2.75, 3.05) is 19.7 Å². The van der Waals surface area contributed by atoms with Crippen molar-refractivity contribution in [3.63, 3.8) is 0 Å². The fraction of sp³-hybridized carbons (Fsp3) is 0.500. The third kappa shape index (κ3) is 2.33. The molecular weight excluding hydrogens is 210 g/mol. The Bertz CT molecular complexity index is 359. The van der Waals surface area contributed by atoms with E-state index in [2.05, 4.69) is 19.2 Å². The molecule has 1 saturated heterocycles. The molecule has 0 radical (unpaired) electrons. The van der Waals surface area contributed by atoms with Gasteiger partial charge in [-0.2, -0.15) is 0 Å². The summed E-state index contributed by atoms with van der Waals surface area (Å²) in [5.41, 5.74) is 3.73. The molecule has 2 nitrogen and oxygen atoms in total. The standard InChI is InChI=1S/C12H16ClNO/c1-8-5-10(13)6-11(9(8)2)12-7-14-3-4-15-12/h5-6,12,14H,3-4,7H2,1-2H3. The molecule has 0 bridgehead atoms. The van der Waals surface area contributed by atoms with Crippen LogP contribution in [-0.4, -0.2) is 19.7 Å². The summed E-state index contributed by atoms with van der Waals surface area (Å²) in [5.74, 6) is 0. The molecule has 0 spiro atoms. The number of benzene rings is 1. The Labute approximate surface area is 95.6 Å². The SMILES string of the molecule is Cc1cc(Cl)cc(C2CNCCO2)c1C. The number of ether oxygens (including phenoxy) is 1. The number of hydrogen-bond donors (Lipinski definition) is 1. The highest BCUT2D eigenvalue weighted by Gasteiger charge is 2.18. The Morgan fingerprint density at radius 2 is 2.20 bits per heavy atom. The quantitative estimate of drug-likeness (QED) is 0.794. The van der Waals surface area contributed by atoms with Crippen LogP contribution in [0.1, 0.15) is 22.8 Å². The lowest BCUT2D eigenvalue weighted by molar-refractivity contribution is 0.0273. The zero-order chi connectivity index (χ0) is 10.8. The summed E-state index contributed by atoms with van der Waals surface area (Å²) in [6, 6.07) is 4.01. The molecule has 1 aliphatic rings. The number of nitrogens with one attached hydrogen (secondary N) is 1. The van der Waals surface area contributed by atoms with Gasteiger partial charge in [-0.15, -0.1) is 0 Å². The second-order valence-electron chi connectivity index (χ2n) is 4.00. The molecule has 3 heteroatoms. The lowest BCUT2D eigenvalue weighted by Gasteiger charge is -2.26. The normalized spacial score (nSPS) is 21.7. The molecule has 1 aromatic rings. The molecule has 15 heavy (non-hydrogen) atoms. The number of rotatable bonds is 1. The molecule has 1 unspecified atom stereocenters. The Kier molecular flexibility index (Phi) is 3.29. The monoisotopic (exact) mass is 225 g/mol. The summed E-state index contributed by atoms with van der Waals surface area (Å²) in [6.45, 7) is 6.80. The van der Waals surface area contributed by atoms with E-state index in [1.807, 2.05) is 12.1 Å². The molecule has 2 rings (SSSR count). The van der Waals surface area contributed by atoms with Gasteiger partial charge in [0, 0.05) is 18.1 Å². The van der Waals surface area contributed by atoms with E-state index in [-0.39, 0.29) is 6.10 Å². The largest absolute Gasteiger partial charge is 0.371 e. The maximum atomic E-state index is 6.07. The molecule has 0 aliphatic carbocycles. The second kappa shape index (κ2) is 4.52. The van der Waals surface area contributed by atoms with Gasteiger partial charge in [0.15, 0.2) is 0 Å². The molecule has 1 fully saturated rings. The molecule has 1 aromatic carbocycles. The first-order valence-corrected chi connectivity index (χ1v) is 5.65. The Hall–Kier alpha value is -0.570. The Morgan fingerprint density at radius 1 is 1.40 bits per heavy atom. The van der Waals surface area contributed by atoms with Crippen LogP contribution < -0.4 is 5.32 Å². The van der Waals surface area contributed by atoms with Crippen molar-refractivity contribution < 1.29 is 4.74 Å². The fourth-order valence-corrected chi connectivity index (χ4v) is 2.22. The van der Waals surface area contributed by atoms with E-state index >= 15 is 0 Å². The molecular formula is C12H16ClNO. The minimum Gasteiger partial charge on any atom is -0.371 e. The lowest BCUT2D eigenvalue weighted by Crippen LogP contribution is -2.33. The molecule has 1 atom stereocenters. The summed E-state index contributed by atoms with van der Waals surface area (Å²) < 4.78 is 5.73. The van der Waals surface area contributed by atoms with Gasteiger partial charge in [0.05, 0.1) is 12.7 Å². The molecule has 82 valence electrons. The van der Waals surface area contributed by atoms with Crippen molar-refractivity contribution in [3.05, 3.63) is 33.8 Å². The topological polar surface area (TPSA) is 21.3 Å². The predicted octanol–water partition coefficient (Wildman–Crippen LogP) is 2.62. The van der Waals surface area contributed by atoms with Gasteiger partial charge in [-0.1, -0.05) is 11.6 Å². The first-order valence-electron chi connectivity index (χ1n) is 5.27. The highest BCUT2D eigenvalue weighted by atomic mass is 35.5. The average molecular weight is 226 g/mol. The Morgan fingerprint density at radius 3 is 2.87 bits per heavy atom. The molecule has 0 aromatic heterocycles. The summed E-state index contributed by atoms with van der Waals surface area (Å²) in [5, 5.41) is 4.13. The van der Waals surface area contributed by atoms with Gasteiger partial charge in [-0.25, -0.2) is 0 Å². The second-order valence-corrected chi connectivity index (χ2v) is 4.44. The maximum Gasteiger partial charge on any atom is 0.0953 e. The van der Waals surface area contributed by atoms with E-state index in [1.54, 1.807) is 0 Å². The first kappa shape index (κ1) is 10.9. The van der Waals surface area contributed by atoms with E-state index in [4.69, 9.17) is 16.3 Å². The van der Waals surface area contributed by atoms with E-state index < -0.39 is 0 Å². The van der Waals surface area contributed by atoms with Crippen LogP contribution in [0.4, 0.5) is 0 Å². The predicted molar refractivity (Wildman–Crippen MR) is 62.5 cm³/mol. The van der Waals surface area contributed by atoms with E-state index in [9.17, 15) is 0 Å². The minimum atomic E-state index is 0.149. The van der Waals surface area contributed by atoms with Gasteiger partial charge >= 0.3 is 0 Å². The van der Waals surface area contributed by atoms with Crippen molar-refractivity contribution >= 4 is 11.6 Å². The number of aryl methyl sites for hydroxylation is 1. The lowest BCUT2D eigenvalue weighted by atomic mass is 9.98. The van der Waals surface area contributed by atoms with Crippen LogP contribution in [0.5, 0.6) is 0 Å². The van der Waals surface area contributed by atoms with Gasteiger partial charge in [-0.3, -0.25) is 0 Å². The van der Waals surface area contributed by atoms with Crippen LogP contribution in [0.15, 0.2) is 12.1 Å². The molecule has 0 saturated carbocycles. The third-order valence-electron chi connectivity index (χ3n) is 2.95. The number of morpholine rings is 1. The number of halogens is 1. The van der Waals surface area contributed by atoms with Crippen LogP contribution in [-0.2, 0) is 4.74 Å². The fourth-order valence-electron chi connectivity index (χ4n) is 1.94. The van der Waals surface area contributed by atoms with Gasteiger partial charge in [0.1, 0.15) is 0 Å². The third-order valence-corrected chi connectivity index (χ3v) is 3.17. The summed E-state index contributed by atoms with van der Waals surface area (Å²) in [6.07, 6.45) is 0.149. The van der Waals surface area contributed by atoms with Crippen molar-refractivity contribution in [2.45, 2.75) is 20.0 Å². The van der Waals surface area contributed by atoms with E-state index in [0.29, 0.717) is 0 Å². The van der Waals surface area contributed by atoms with Crippen LogP contribution in [0.2, 0.25) is 5.02 Å². The molecule has 1 N–H and O–H groups in total. The first-order chi connectivity index (χ1) is 7.18. The summed E-state index contributed by atoms with van der Waals surface area (Å²) >= 11 is 6.07.